The summed E-state index contributed by atoms with van der Waals surface area (Å²) in [6.45, 7) is 0.262. The summed E-state index contributed by atoms with van der Waals surface area (Å²) in [6.07, 6.45) is 2.21. The first-order chi connectivity index (χ1) is 7.09. The molecule has 0 saturated carbocycles. The SMILES string of the molecule is O=C(O)c1cnn2c1CCC(C(=O)O)C2. The molecule has 0 aliphatic carbocycles. The van der Waals surface area contributed by atoms with Crippen LogP contribution in [0, 0.1) is 5.92 Å². The molecule has 1 unspecified atom stereocenters. The maximum Gasteiger partial charge on any atom is 0.339 e. The molecule has 0 saturated heterocycles. The number of fused-ring (bicyclic) bond motifs is 1. The van der Waals surface area contributed by atoms with Crippen LogP contribution in [0.2, 0.25) is 0 Å². The topological polar surface area (TPSA) is 92.4 Å². The summed E-state index contributed by atoms with van der Waals surface area (Å²) in [4.78, 5) is 21.5. The van der Waals surface area contributed by atoms with Crippen molar-refractivity contribution in [2.45, 2.75) is 19.4 Å². The van der Waals surface area contributed by atoms with Crippen molar-refractivity contribution < 1.29 is 19.8 Å². The molecule has 1 aliphatic rings. The van der Waals surface area contributed by atoms with E-state index in [0.717, 1.165) is 0 Å². The van der Waals surface area contributed by atoms with Crippen molar-refractivity contribution in [1.82, 2.24) is 9.78 Å². The van der Waals surface area contributed by atoms with E-state index in [1.54, 1.807) is 0 Å². The van der Waals surface area contributed by atoms with Gasteiger partial charge in [-0.25, -0.2) is 4.79 Å². The van der Waals surface area contributed by atoms with Crippen molar-refractivity contribution >= 4 is 11.9 Å². The molecule has 1 aromatic rings. The van der Waals surface area contributed by atoms with E-state index in [1.807, 2.05) is 0 Å². The van der Waals surface area contributed by atoms with Gasteiger partial charge in [0.2, 0.25) is 0 Å². The van der Waals surface area contributed by atoms with Gasteiger partial charge in [0.1, 0.15) is 5.56 Å². The Morgan fingerprint density at radius 3 is 2.80 bits per heavy atom. The van der Waals surface area contributed by atoms with Gasteiger partial charge < -0.3 is 10.2 Å². The number of hydrogen-bond acceptors (Lipinski definition) is 3. The molecule has 0 fully saturated rings. The van der Waals surface area contributed by atoms with Crippen LogP contribution in [0.3, 0.4) is 0 Å². The van der Waals surface area contributed by atoms with Crippen molar-refractivity contribution in [3.8, 4) is 0 Å². The standard InChI is InChI=1S/C9H10N2O4/c12-8(13)5-1-2-7-6(9(14)15)3-10-11(7)4-5/h3,5H,1-2,4H2,(H,12,13)(H,14,15). The molecule has 0 bridgehead atoms. The maximum absolute atomic E-state index is 10.8. The van der Waals surface area contributed by atoms with Crippen molar-refractivity contribution in [3.63, 3.8) is 0 Å². The molecule has 1 aromatic heterocycles. The molecule has 1 aliphatic heterocycles. The van der Waals surface area contributed by atoms with E-state index in [4.69, 9.17) is 10.2 Å². The molecule has 1 atom stereocenters. The summed E-state index contributed by atoms with van der Waals surface area (Å²) in [5.74, 6) is -2.32. The normalized spacial score (nSPS) is 19.6. The van der Waals surface area contributed by atoms with Crippen molar-refractivity contribution in [1.29, 1.82) is 0 Å². The molecular formula is C9H10N2O4. The Labute approximate surface area is 85.1 Å². The van der Waals surface area contributed by atoms with Crippen LogP contribution in [0.1, 0.15) is 22.5 Å². The number of carboxylic acids is 2. The van der Waals surface area contributed by atoms with Crippen LogP contribution in [0.4, 0.5) is 0 Å². The first-order valence-corrected chi connectivity index (χ1v) is 4.60. The Bertz CT molecular complexity index is 424. The Morgan fingerprint density at radius 2 is 2.20 bits per heavy atom. The van der Waals surface area contributed by atoms with Gasteiger partial charge in [0.15, 0.2) is 0 Å². The van der Waals surface area contributed by atoms with E-state index in [9.17, 15) is 9.59 Å². The van der Waals surface area contributed by atoms with Gasteiger partial charge >= 0.3 is 11.9 Å². The summed E-state index contributed by atoms with van der Waals surface area (Å²) >= 11 is 0. The highest BCUT2D eigenvalue weighted by atomic mass is 16.4. The van der Waals surface area contributed by atoms with Crippen LogP contribution in [-0.2, 0) is 17.8 Å². The lowest BCUT2D eigenvalue weighted by atomic mass is 9.97. The van der Waals surface area contributed by atoms with Gasteiger partial charge in [-0.2, -0.15) is 5.10 Å². The van der Waals surface area contributed by atoms with Gasteiger partial charge in [0.05, 0.1) is 24.4 Å². The number of rotatable bonds is 2. The molecule has 80 valence electrons. The summed E-state index contributed by atoms with van der Waals surface area (Å²) < 4.78 is 1.48. The maximum atomic E-state index is 10.8. The van der Waals surface area contributed by atoms with E-state index < -0.39 is 17.9 Å². The zero-order chi connectivity index (χ0) is 11.0. The van der Waals surface area contributed by atoms with Gasteiger partial charge in [-0.3, -0.25) is 9.48 Å². The molecule has 15 heavy (non-hydrogen) atoms. The van der Waals surface area contributed by atoms with Crippen LogP contribution < -0.4 is 0 Å². The smallest absolute Gasteiger partial charge is 0.339 e. The average molecular weight is 210 g/mol. The van der Waals surface area contributed by atoms with Crippen molar-refractivity contribution in [3.05, 3.63) is 17.5 Å². The molecule has 2 N–H and O–H groups in total. The molecule has 0 radical (unpaired) electrons. The minimum Gasteiger partial charge on any atom is -0.481 e. The van der Waals surface area contributed by atoms with Crippen LogP contribution in [0.15, 0.2) is 6.20 Å². The third-order valence-corrected chi connectivity index (χ3v) is 2.65. The quantitative estimate of drug-likeness (QED) is 0.728. The third kappa shape index (κ3) is 1.58. The molecule has 6 heteroatoms. The predicted octanol–water partition coefficient (Wildman–Crippen LogP) is 0.228. The number of aromatic nitrogens is 2. The molecule has 6 nitrogen and oxygen atoms in total. The Morgan fingerprint density at radius 1 is 1.47 bits per heavy atom. The fourth-order valence-corrected chi connectivity index (χ4v) is 1.82. The summed E-state index contributed by atoms with van der Waals surface area (Å²) in [5.41, 5.74) is 0.804. The Balaban J connectivity index is 2.30. The van der Waals surface area contributed by atoms with Crippen LogP contribution in [-0.4, -0.2) is 31.9 Å². The lowest BCUT2D eigenvalue weighted by Crippen LogP contribution is -2.27. The number of carbonyl (C=O) groups is 2. The predicted molar refractivity (Wildman–Crippen MR) is 48.6 cm³/mol. The number of nitrogens with zero attached hydrogens (tertiary/aromatic N) is 2. The third-order valence-electron chi connectivity index (χ3n) is 2.65. The molecule has 0 aromatic carbocycles. The zero-order valence-corrected chi connectivity index (χ0v) is 7.88. The Hall–Kier alpha value is -1.85. The molecular weight excluding hydrogens is 200 g/mol. The first-order valence-electron chi connectivity index (χ1n) is 4.60. The summed E-state index contributed by atoms with van der Waals surface area (Å²) in [5, 5.41) is 21.5. The molecule has 2 heterocycles. The van der Waals surface area contributed by atoms with Crippen molar-refractivity contribution in [2.75, 3.05) is 0 Å². The summed E-state index contributed by atoms with van der Waals surface area (Å²) in [7, 11) is 0. The lowest BCUT2D eigenvalue weighted by Gasteiger charge is -2.20. The highest BCUT2D eigenvalue weighted by molar-refractivity contribution is 5.88. The lowest BCUT2D eigenvalue weighted by molar-refractivity contribution is -0.142. The van der Waals surface area contributed by atoms with Crippen molar-refractivity contribution in [2.24, 2.45) is 5.92 Å². The minimum absolute atomic E-state index is 0.179. The Kier molecular flexibility index (Phi) is 2.18. The number of hydrogen-bond donors (Lipinski definition) is 2. The monoisotopic (exact) mass is 210 g/mol. The second-order valence-corrected chi connectivity index (χ2v) is 3.57. The average Bonchev–Trinajstić information content (AvgIpc) is 2.59. The van der Waals surface area contributed by atoms with E-state index in [-0.39, 0.29) is 12.1 Å². The van der Waals surface area contributed by atoms with E-state index >= 15 is 0 Å². The number of carboxylic acid groups (broad SMARTS) is 2. The number of aliphatic carboxylic acids is 1. The van der Waals surface area contributed by atoms with Crippen LogP contribution >= 0.6 is 0 Å². The molecule has 0 spiro atoms. The number of aromatic carboxylic acids is 1. The second-order valence-electron chi connectivity index (χ2n) is 3.57. The highest BCUT2D eigenvalue weighted by Crippen LogP contribution is 2.22. The second kappa shape index (κ2) is 3.38. The first kappa shape index (κ1) is 9.70. The fraction of sp³-hybridized carbons (Fsp3) is 0.444. The molecule has 2 rings (SSSR count). The van der Waals surface area contributed by atoms with Gasteiger partial charge in [-0.15, -0.1) is 0 Å². The van der Waals surface area contributed by atoms with Crippen LogP contribution in [0.5, 0.6) is 0 Å². The van der Waals surface area contributed by atoms with Gasteiger partial charge in [0, 0.05) is 0 Å². The van der Waals surface area contributed by atoms with Gasteiger partial charge in [-0.05, 0) is 12.8 Å². The van der Waals surface area contributed by atoms with Crippen LogP contribution in [0.25, 0.3) is 0 Å². The van der Waals surface area contributed by atoms with E-state index in [0.29, 0.717) is 18.5 Å². The largest absolute Gasteiger partial charge is 0.481 e. The fourth-order valence-electron chi connectivity index (χ4n) is 1.82. The van der Waals surface area contributed by atoms with E-state index in [2.05, 4.69) is 5.10 Å². The minimum atomic E-state index is -1.01. The zero-order valence-electron chi connectivity index (χ0n) is 7.88. The summed E-state index contributed by atoms with van der Waals surface area (Å²) in [6, 6.07) is 0. The molecule has 0 amide bonds. The van der Waals surface area contributed by atoms with Gasteiger partial charge in [-0.1, -0.05) is 0 Å². The highest BCUT2D eigenvalue weighted by Gasteiger charge is 2.28. The van der Waals surface area contributed by atoms with E-state index in [1.165, 1.54) is 10.9 Å². The van der Waals surface area contributed by atoms with Gasteiger partial charge in [0.25, 0.3) is 0 Å².